The maximum atomic E-state index is 4.38. The molecule has 2 heterocycles. The van der Waals surface area contributed by atoms with Gasteiger partial charge in [0.05, 0.1) is 6.04 Å². The molecule has 1 unspecified atom stereocenters. The minimum Gasteiger partial charge on any atom is -0.306 e. The number of nitrogens with zero attached hydrogens (tertiary/aromatic N) is 2. The summed E-state index contributed by atoms with van der Waals surface area (Å²) in [5.41, 5.74) is 4.68. The lowest BCUT2D eigenvalue weighted by Crippen LogP contribution is -2.23. The van der Waals surface area contributed by atoms with Crippen molar-refractivity contribution < 1.29 is 0 Å². The fourth-order valence-electron chi connectivity index (χ4n) is 2.04. The van der Waals surface area contributed by atoms with Crippen molar-refractivity contribution in [3.05, 3.63) is 59.2 Å². The van der Waals surface area contributed by atoms with Gasteiger partial charge in [0.25, 0.3) is 0 Å². The van der Waals surface area contributed by atoms with E-state index in [1.165, 1.54) is 16.7 Å². The summed E-state index contributed by atoms with van der Waals surface area (Å²) in [4.78, 5) is 8.61. The molecule has 0 saturated carbocycles. The van der Waals surface area contributed by atoms with Gasteiger partial charge in [0, 0.05) is 24.3 Å². The molecule has 2 rings (SSSR count). The lowest BCUT2D eigenvalue weighted by Gasteiger charge is -2.20. The topological polar surface area (TPSA) is 37.8 Å². The SMILES string of the molecule is CCNC(c1ccc(C)nc1)c1cnccc1C. The van der Waals surface area contributed by atoms with Crippen LogP contribution >= 0.6 is 0 Å². The predicted octanol–water partition coefficient (Wildman–Crippen LogP) is 2.79. The Hall–Kier alpha value is -1.74. The van der Waals surface area contributed by atoms with E-state index < -0.39 is 0 Å². The summed E-state index contributed by atoms with van der Waals surface area (Å²) in [5.74, 6) is 0. The molecule has 0 fully saturated rings. The smallest absolute Gasteiger partial charge is 0.0609 e. The first kappa shape index (κ1) is 12.7. The number of pyridine rings is 2. The summed E-state index contributed by atoms with van der Waals surface area (Å²) in [6.07, 6.45) is 5.70. The van der Waals surface area contributed by atoms with Crippen LogP contribution < -0.4 is 5.32 Å². The van der Waals surface area contributed by atoms with Gasteiger partial charge in [-0.25, -0.2) is 0 Å². The second kappa shape index (κ2) is 5.74. The molecule has 0 amide bonds. The zero-order chi connectivity index (χ0) is 13.0. The molecule has 2 aromatic rings. The monoisotopic (exact) mass is 241 g/mol. The third-order valence-corrected chi connectivity index (χ3v) is 3.07. The van der Waals surface area contributed by atoms with Crippen LogP contribution in [0.4, 0.5) is 0 Å². The lowest BCUT2D eigenvalue weighted by molar-refractivity contribution is 0.623. The zero-order valence-corrected chi connectivity index (χ0v) is 11.1. The van der Waals surface area contributed by atoms with Gasteiger partial charge in [-0.1, -0.05) is 13.0 Å². The Balaban J connectivity index is 2.40. The number of aromatic nitrogens is 2. The van der Waals surface area contributed by atoms with Gasteiger partial charge < -0.3 is 5.32 Å². The molecule has 0 spiro atoms. The third kappa shape index (κ3) is 2.74. The first-order valence-electron chi connectivity index (χ1n) is 6.28. The first-order chi connectivity index (χ1) is 8.72. The van der Waals surface area contributed by atoms with Crippen LogP contribution in [0.3, 0.4) is 0 Å². The maximum Gasteiger partial charge on any atom is 0.0609 e. The summed E-state index contributed by atoms with van der Waals surface area (Å²) in [6, 6.07) is 6.38. The minimum atomic E-state index is 0.164. The van der Waals surface area contributed by atoms with Crippen molar-refractivity contribution >= 4 is 0 Å². The van der Waals surface area contributed by atoms with E-state index in [9.17, 15) is 0 Å². The van der Waals surface area contributed by atoms with E-state index in [0.29, 0.717) is 0 Å². The van der Waals surface area contributed by atoms with Crippen LogP contribution in [0, 0.1) is 13.8 Å². The van der Waals surface area contributed by atoms with E-state index in [2.05, 4.69) is 35.2 Å². The highest BCUT2D eigenvalue weighted by molar-refractivity contribution is 5.34. The highest BCUT2D eigenvalue weighted by Crippen LogP contribution is 2.23. The van der Waals surface area contributed by atoms with E-state index >= 15 is 0 Å². The van der Waals surface area contributed by atoms with Crippen LogP contribution in [-0.4, -0.2) is 16.5 Å². The van der Waals surface area contributed by atoms with Crippen molar-refractivity contribution in [2.75, 3.05) is 6.54 Å². The van der Waals surface area contributed by atoms with Gasteiger partial charge in [0.1, 0.15) is 0 Å². The van der Waals surface area contributed by atoms with Crippen LogP contribution in [0.25, 0.3) is 0 Å². The molecule has 0 bridgehead atoms. The summed E-state index contributed by atoms with van der Waals surface area (Å²) in [7, 11) is 0. The quantitative estimate of drug-likeness (QED) is 0.894. The number of hydrogen-bond donors (Lipinski definition) is 1. The van der Waals surface area contributed by atoms with Crippen LogP contribution in [0.1, 0.15) is 35.3 Å². The molecule has 0 aliphatic heterocycles. The van der Waals surface area contributed by atoms with Gasteiger partial charge in [-0.15, -0.1) is 0 Å². The molecule has 0 aromatic carbocycles. The Kier molecular flexibility index (Phi) is 4.05. The Morgan fingerprint density at radius 3 is 2.61 bits per heavy atom. The van der Waals surface area contributed by atoms with Crippen LogP contribution in [0.15, 0.2) is 36.8 Å². The van der Waals surface area contributed by atoms with Gasteiger partial charge in [0.2, 0.25) is 0 Å². The average Bonchev–Trinajstić information content (AvgIpc) is 2.38. The molecule has 0 saturated heterocycles. The second-order valence-corrected chi connectivity index (χ2v) is 4.46. The molecule has 0 radical (unpaired) electrons. The van der Waals surface area contributed by atoms with Crippen LogP contribution in [0.2, 0.25) is 0 Å². The molecule has 3 nitrogen and oxygen atoms in total. The van der Waals surface area contributed by atoms with E-state index in [1.807, 2.05) is 37.6 Å². The van der Waals surface area contributed by atoms with Gasteiger partial charge in [-0.05, 0) is 49.2 Å². The van der Waals surface area contributed by atoms with Crippen LogP contribution in [-0.2, 0) is 0 Å². The Labute approximate surface area is 108 Å². The summed E-state index contributed by atoms with van der Waals surface area (Å²) < 4.78 is 0. The normalized spacial score (nSPS) is 12.4. The molecule has 1 atom stereocenters. The molecular formula is C15H19N3. The highest BCUT2D eigenvalue weighted by atomic mass is 14.9. The fourth-order valence-corrected chi connectivity index (χ4v) is 2.04. The largest absolute Gasteiger partial charge is 0.306 e. The first-order valence-corrected chi connectivity index (χ1v) is 6.28. The standard InChI is InChI=1S/C15H19N3/c1-4-17-15(13-6-5-12(3)18-9-13)14-10-16-8-7-11(14)2/h5-10,15,17H,4H2,1-3H3. The zero-order valence-electron chi connectivity index (χ0n) is 11.1. The lowest BCUT2D eigenvalue weighted by atomic mass is 9.98. The predicted molar refractivity (Wildman–Crippen MR) is 73.5 cm³/mol. The maximum absolute atomic E-state index is 4.38. The minimum absolute atomic E-state index is 0.164. The van der Waals surface area contributed by atoms with E-state index in [1.54, 1.807) is 0 Å². The Morgan fingerprint density at radius 1 is 1.17 bits per heavy atom. The van der Waals surface area contributed by atoms with Gasteiger partial charge in [0.15, 0.2) is 0 Å². The molecule has 0 aliphatic carbocycles. The molecule has 1 N–H and O–H groups in total. The highest BCUT2D eigenvalue weighted by Gasteiger charge is 2.15. The van der Waals surface area contributed by atoms with E-state index in [0.717, 1.165) is 12.2 Å². The summed E-state index contributed by atoms with van der Waals surface area (Å²) >= 11 is 0. The molecule has 0 aliphatic rings. The number of rotatable bonds is 4. The number of hydrogen-bond acceptors (Lipinski definition) is 3. The van der Waals surface area contributed by atoms with Crippen molar-refractivity contribution in [3.63, 3.8) is 0 Å². The number of aryl methyl sites for hydroxylation is 2. The Morgan fingerprint density at radius 2 is 2.00 bits per heavy atom. The number of nitrogens with one attached hydrogen (secondary N) is 1. The fraction of sp³-hybridized carbons (Fsp3) is 0.333. The van der Waals surface area contributed by atoms with E-state index in [4.69, 9.17) is 0 Å². The van der Waals surface area contributed by atoms with Crippen molar-refractivity contribution in [3.8, 4) is 0 Å². The van der Waals surface area contributed by atoms with Gasteiger partial charge in [-0.3, -0.25) is 9.97 Å². The second-order valence-electron chi connectivity index (χ2n) is 4.46. The molecule has 3 heteroatoms. The summed E-state index contributed by atoms with van der Waals surface area (Å²) in [5, 5.41) is 3.50. The van der Waals surface area contributed by atoms with Crippen molar-refractivity contribution in [1.29, 1.82) is 0 Å². The molecular weight excluding hydrogens is 222 g/mol. The molecule has 94 valence electrons. The molecule has 18 heavy (non-hydrogen) atoms. The Bertz CT molecular complexity index is 505. The van der Waals surface area contributed by atoms with Crippen molar-refractivity contribution in [2.24, 2.45) is 0 Å². The van der Waals surface area contributed by atoms with Crippen molar-refractivity contribution in [2.45, 2.75) is 26.8 Å². The molecule has 2 aromatic heterocycles. The van der Waals surface area contributed by atoms with Crippen molar-refractivity contribution in [1.82, 2.24) is 15.3 Å². The average molecular weight is 241 g/mol. The summed E-state index contributed by atoms with van der Waals surface area (Å²) in [6.45, 7) is 7.14. The van der Waals surface area contributed by atoms with Crippen LogP contribution in [0.5, 0.6) is 0 Å². The van der Waals surface area contributed by atoms with Gasteiger partial charge >= 0.3 is 0 Å². The van der Waals surface area contributed by atoms with E-state index in [-0.39, 0.29) is 6.04 Å². The third-order valence-electron chi connectivity index (χ3n) is 3.07. The van der Waals surface area contributed by atoms with Gasteiger partial charge in [-0.2, -0.15) is 0 Å².